The maximum Gasteiger partial charge on any atom is 0.344 e. The first-order valence-corrected chi connectivity index (χ1v) is 10.3. The van der Waals surface area contributed by atoms with Crippen molar-refractivity contribution in [2.24, 2.45) is 0 Å². The van der Waals surface area contributed by atoms with Gasteiger partial charge in [-0.1, -0.05) is 42.5 Å². The number of nitrogens with one attached hydrogen (secondary N) is 1. The Morgan fingerprint density at radius 3 is 2.38 bits per heavy atom. The van der Waals surface area contributed by atoms with Gasteiger partial charge in [0.25, 0.3) is 5.91 Å². The number of benzene rings is 2. The molecule has 0 bridgehead atoms. The van der Waals surface area contributed by atoms with E-state index in [1.54, 1.807) is 24.3 Å². The molecule has 0 aliphatic rings. The van der Waals surface area contributed by atoms with Gasteiger partial charge in [-0.05, 0) is 24.1 Å². The molecule has 1 aromatic heterocycles. The second-order valence-electron chi connectivity index (χ2n) is 7.25. The lowest BCUT2D eigenvalue weighted by molar-refractivity contribution is -0.147. The molecule has 3 aromatic rings. The van der Waals surface area contributed by atoms with Gasteiger partial charge in [0.2, 0.25) is 0 Å². The van der Waals surface area contributed by atoms with E-state index in [1.807, 2.05) is 30.3 Å². The fourth-order valence-electron chi connectivity index (χ4n) is 3.05. The Kier molecular flexibility index (Phi) is 8.11. The maximum absolute atomic E-state index is 12.7. The Balaban J connectivity index is 1.73. The topological polar surface area (TPSA) is 152 Å². The number of pyridine rings is 1. The molecule has 0 fully saturated rings. The second kappa shape index (κ2) is 11.4. The van der Waals surface area contributed by atoms with Crippen LogP contribution in [0.15, 0.2) is 60.7 Å². The van der Waals surface area contributed by atoms with E-state index in [1.165, 1.54) is 6.07 Å². The molecule has 1 atom stereocenters. The van der Waals surface area contributed by atoms with Crippen molar-refractivity contribution in [1.82, 2.24) is 10.3 Å². The summed E-state index contributed by atoms with van der Waals surface area (Å²) in [6.07, 6.45) is -0.720. The quantitative estimate of drug-likeness (QED) is 0.362. The number of nitrogens with zero attached hydrogens (tertiary/aromatic N) is 1. The van der Waals surface area contributed by atoms with Gasteiger partial charge < -0.3 is 25.0 Å². The van der Waals surface area contributed by atoms with Crippen LogP contribution in [-0.2, 0) is 25.7 Å². The number of esters is 1. The van der Waals surface area contributed by atoms with Crippen molar-refractivity contribution in [2.75, 3.05) is 6.61 Å². The van der Waals surface area contributed by atoms with Crippen molar-refractivity contribution in [1.29, 1.82) is 0 Å². The van der Waals surface area contributed by atoms with Crippen LogP contribution in [-0.4, -0.2) is 51.7 Å². The molecule has 34 heavy (non-hydrogen) atoms. The molecule has 0 aliphatic heterocycles. The van der Waals surface area contributed by atoms with E-state index < -0.39 is 42.9 Å². The standard InChI is InChI=1S/C24H22N2O8/c27-21(28)11-10-18(24(31)32)26-23(30)19-12-20(16-8-4-5-9-17(16)25-19)33-14-22(29)34-13-15-6-2-1-3-7-15/h1-9,12,18H,10-11,13-14H2,(H,26,30)(H,27,28)(H,31,32)/t18-/m0/s1. The molecule has 3 N–H and O–H groups in total. The molecule has 0 spiro atoms. The van der Waals surface area contributed by atoms with Gasteiger partial charge in [0, 0.05) is 17.9 Å². The third-order valence-electron chi connectivity index (χ3n) is 4.75. The third-order valence-corrected chi connectivity index (χ3v) is 4.75. The van der Waals surface area contributed by atoms with Crippen LogP contribution >= 0.6 is 0 Å². The van der Waals surface area contributed by atoms with Crippen LogP contribution in [0.5, 0.6) is 5.75 Å². The summed E-state index contributed by atoms with van der Waals surface area (Å²) >= 11 is 0. The number of hydrogen-bond donors (Lipinski definition) is 3. The second-order valence-corrected chi connectivity index (χ2v) is 7.25. The largest absolute Gasteiger partial charge is 0.481 e. The average molecular weight is 466 g/mol. The van der Waals surface area contributed by atoms with Crippen molar-refractivity contribution in [3.63, 3.8) is 0 Å². The van der Waals surface area contributed by atoms with Gasteiger partial charge in [-0.3, -0.25) is 9.59 Å². The zero-order valence-electron chi connectivity index (χ0n) is 18.0. The summed E-state index contributed by atoms with van der Waals surface area (Å²) in [7, 11) is 0. The molecule has 10 heteroatoms. The first-order valence-electron chi connectivity index (χ1n) is 10.3. The predicted octanol–water partition coefficient (Wildman–Crippen LogP) is 2.40. The van der Waals surface area contributed by atoms with Crippen LogP contribution in [0.25, 0.3) is 10.9 Å². The van der Waals surface area contributed by atoms with Gasteiger partial charge in [-0.25, -0.2) is 14.6 Å². The fourth-order valence-corrected chi connectivity index (χ4v) is 3.05. The number of para-hydroxylation sites is 1. The highest BCUT2D eigenvalue weighted by molar-refractivity contribution is 5.98. The Labute approximate surface area is 194 Å². The van der Waals surface area contributed by atoms with Crippen LogP contribution in [0, 0.1) is 0 Å². The molecule has 0 aliphatic carbocycles. The Morgan fingerprint density at radius 2 is 1.68 bits per heavy atom. The highest BCUT2D eigenvalue weighted by atomic mass is 16.6. The number of carbonyl (C=O) groups is 4. The predicted molar refractivity (Wildman–Crippen MR) is 119 cm³/mol. The van der Waals surface area contributed by atoms with E-state index in [9.17, 15) is 24.3 Å². The summed E-state index contributed by atoms with van der Waals surface area (Å²) in [5.74, 6) is -3.80. The fraction of sp³-hybridized carbons (Fsp3) is 0.208. The monoisotopic (exact) mass is 466 g/mol. The van der Waals surface area contributed by atoms with E-state index >= 15 is 0 Å². The lowest BCUT2D eigenvalue weighted by Crippen LogP contribution is -2.41. The Bertz CT molecular complexity index is 1200. The molecule has 1 heterocycles. The highest BCUT2D eigenvalue weighted by Gasteiger charge is 2.23. The molecule has 10 nitrogen and oxygen atoms in total. The smallest absolute Gasteiger partial charge is 0.344 e. The minimum atomic E-state index is -1.41. The Hall–Kier alpha value is -4.47. The number of carbonyl (C=O) groups excluding carboxylic acids is 2. The van der Waals surface area contributed by atoms with Gasteiger partial charge in [-0.2, -0.15) is 0 Å². The van der Waals surface area contributed by atoms with Gasteiger partial charge >= 0.3 is 17.9 Å². The average Bonchev–Trinajstić information content (AvgIpc) is 2.83. The van der Waals surface area contributed by atoms with Crippen molar-refractivity contribution >= 4 is 34.7 Å². The van der Waals surface area contributed by atoms with Crippen LogP contribution < -0.4 is 10.1 Å². The summed E-state index contributed by atoms with van der Waals surface area (Å²) in [5, 5.41) is 20.9. The number of aliphatic carboxylic acids is 2. The van der Waals surface area contributed by atoms with E-state index in [0.717, 1.165) is 5.56 Å². The summed E-state index contributed by atoms with van der Waals surface area (Å²) in [5.41, 5.74) is 1.06. The molecular weight excluding hydrogens is 444 g/mol. The molecule has 0 unspecified atom stereocenters. The molecule has 0 radical (unpaired) electrons. The zero-order chi connectivity index (χ0) is 24.5. The van der Waals surface area contributed by atoms with Crippen molar-refractivity contribution in [2.45, 2.75) is 25.5 Å². The maximum atomic E-state index is 12.7. The first-order chi connectivity index (χ1) is 16.3. The molecule has 176 valence electrons. The normalized spacial score (nSPS) is 11.4. The zero-order valence-corrected chi connectivity index (χ0v) is 18.0. The summed E-state index contributed by atoms with van der Waals surface area (Å²) in [6, 6.07) is 15.8. The van der Waals surface area contributed by atoms with Crippen molar-refractivity contribution < 1.29 is 38.9 Å². The van der Waals surface area contributed by atoms with Crippen LogP contribution in [0.3, 0.4) is 0 Å². The number of amides is 1. The minimum Gasteiger partial charge on any atom is -0.481 e. The molecule has 1 amide bonds. The molecular formula is C24H22N2O8. The molecule has 3 rings (SSSR count). The van der Waals surface area contributed by atoms with Crippen LogP contribution in [0.2, 0.25) is 0 Å². The van der Waals surface area contributed by atoms with Gasteiger partial charge in [-0.15, -0.1) is 0 Å². The number of carboxylic acid groups (broad SMARTS) is 2. The lowest BCUT2D eigenvalue weighted by atomic mass is 10.1. The number of aromatic nitrogens is 1. The SMILES string of the molecule is O=C(O)CC[C@H](NC(=O)c1cc(OCC(=O)OCc2ccccc2)c2ccccc2n1)C(=O)O. The summed E-state index contributed by atoms with van der Waals surface area (Å²) < 4.78 is 10.8. The first kappa shape index (κ1) is 24.2. The van der Waals surface area contributed by atoms with E-state index in [-0.39, 0.29) is 24.5 Å². The molecule has 0 saturated carbocycles. The third kappa shape index (κ3) is 6.76. The summed E-state index contributed by atoms with van der Waals surface area (Å²) in [4.78, 5) is 51.2. The van der Waals surface area contributed by atoms with Crippen LogP contribution in [0.1, 0.15) is 28.9 Å². The number of hydrogen-bond acceptors (Lipinski definition) is 7. The van der Waals surface area contributed by atoms with E-state index in [0.29, 0.717) is 10.9 Å². The van der Waals surface area contributed by atoms with Crippen molar-refractivity contribution in [3.05, 3.63) is 71.9 Å². The summed E-state index contributed by atoms with van der Waals surface area (Å²) in [6.45, 7) is -0.334. The van der Waals surface area contributed by atoms with Gasteiger partial charge in [0.05, 0.1) is 5.52 Å². The molecule has 0 saturated heterocycles. The van der Waals surface area contributed by atoms with Crippen LogP contribution in [0.4, 0.5) is 0 Å². The number of ether oxygens (including phenoxy) is 2. The van der Waals surface area contributed by atoms with E-state index in [2.05, 4.69) is 10.3 Å². The number of fused-ring (bicyclic) bond motifs is 1. The highest BCUT2D eigenvalue weighted by Crippen LogP contribution is 2.25. The Morgan fingerprint density at radius 1 is 0.971 bits per heavy atom. The molecule has 2 aromatic carbocycles. The van der Waals surface area contributed by atoms with Crippen molar-refractivity contribution in [3.8, 4) is 5.75 Å². The van der Waals surface area contributed by atoms with Gasteiger partial charge in [0.15, 0.2) is 6.61 Å². The van der Waals surface area contributed by atoms with Gasteiger partial charge in [0.1, 0.15) is 24.1 Å². The number of rotatable bonds is 11. The number of carboxylic acids is 2. The van der Waals surface area contributed by atoms with E-state index in [4.69, 9.17) is 14.6 Å². The minimum absolute atomic E-state index is 0.0840. The lowest BCUT2D eigenvalue weighted by Gasteiger charge is -2.15.